The molecule has 2 N–H and O–H groups in total. The van der Waals surface area contributed by atoms with E-state index >= 15 is 0 Å². The first kappa shape index (κ1) is 20.6. The van der Waals surface area contributed by atoms with Crippen LogP contribution < -0.4 is 5.32 Å². The second kappa shape index (κ2) is 8.39. The number of aromatic amines is 1. The first-order valence-electron chi connectivity index (χ1n) is 11.6. The molecule has 0 saturated heterocycles. The molecule has 0 radical (unpaired) electrons. The van der Waals surface area contributed by atoms with E-state index < -0.39 is 0 Å². The van der Waals surface area contributed by atoms with Gasteiger partial charge in [-0.05, 0) is 31.9 Å². The summed E-state index contributed by atoms with van der Waals surface area (Å²) >= 11 is 1.69. The highest BCUT2D eigenvalue weighted by molar-refractivity contribution is 7.09. The fourth-order valence-electron chi connectivity index (χ4n) is 4.60. The van der Waals surface area contributed by atoms with Gasteiger partial charge in [0.2, 0.25) is 0 Å². The maximum atomic E-state index is 13.0. The molecule has 1 aromatic carbocycles. The van der Waals surface area contributed by atoms with Gasteiger partial charge < -0.3 is 10.3 Å². The van der Waals surface area contributed by atoms with Crippen LogP contribution in [-0.2, 0) is 32.5 Å². The normalized spacial score (nSPS) is 16.3. The summed E-state index contributed by atoms with van der Waals surface area (Å²) in [4.78, 5) is 29.2. The second-order valence-corrected chi connectivity index (χ2v) is 9.96. The van der Waals surface area contributed by atoms with Gasteiger partial charge in [0.25, 0.3) is 5.91 Å². The number of carbonyl (C=O) groups is 1. The summed E-state index contributed by atoms with van der Waals surface area (Å²) in [5.74, 6) is 0.920. The standard InChI is InChI=1S/C24H27N7OS/c1-15-21(33-14-25-15)9-11-31-20-8-10-30(13-22-27-18-4-2-3-5-19(18)28-22)12-17(20)23(29-31)24(32)26-16-6-7-16/h2-5,14,16H,6-13H2,1H3,(H,26,32)(H,27,28). The number of nitrogens with one attached hydrogen (secondary N) is 2. The van der Waals surface area contributed by atoms with Gasteiger partial charge in [-0.2, -0.15) is 5.10 Å². The number of aromatic nitrogens is 5. The SMILES string of the molecule is Cc1ncsc1CCn1nc(C(=O)NC2CC2)c2c1CCN(Cc1nc3ccccc3[nH]1)C2. The molecule has 3 aromatic heterocycles. The van der Waals surface area contributed by atoms with Gasteiger partial charge in [-0.1, -0.05) is 12.1 Å². The number of aryl methyl sites for hydroxylation is 3. The topological polar surface area (TPSA) is 91.7 Å². The van der Waals surface area contributed by atoms with Gasteiger partial charge in [-0.15, -0.1) is 11.3 Å². The number of carbonyl (C=O) groups excluding carboxylic acids is 1. The molecule has 1 fully saturated rings. The van der Waals surface area contributed by atoms with Crippen molar-refractivity contribution >= 4 is 28.3 Å². The minimum atomic E-state index is -0.0351. The summed E-state index contributed by atoms with van der Waals surface area (Å²) in [6.07, 6.45) is 3.90. The van der Waals surface area contributed by atoms with Crippen molar-refractivity contribution in [1.29, 1.82) is 0 Å². The molecule has 170 valence electrons. The van der Waals surface area contributed by atoms with Crippen LogP contribution in [0.25, 0.3) is 11.0 Å². The van der Waals surface area contributed by atoms with E-state index in [4.69, 9.17) is 10.1 Å². The van der Waals surface area contributed by atoms with Crippen molar-refractivity contribution in [3.63, 3.8) is 0 Å². The van der Waals surface area contributed by atoms with Gasteiger partial charge in [0.15, 0.2) is 5.69 Å². The van der Waals surface area contributed by atoms with Gasteiger partial charge in [0.1, 0.15) is 5.82 Å². The lowest BCUT2D eigenvalue weighted by Gasteiger charge is -2.27. The molecule has 0 bridgehead atoms. The first-order valence-corrected chi connectivity index (χ1v) is 12.5. The summed E-state index contributed by atoms with van der Waals surface area (Å²) in [5, 5.41) is 7.95. The van der Waals surface area contributed by atoms with E-state index in [9.17, 15) is 4.79 Å². The van der Waals surface area contributed by atoms with Gasteiger partial charge in [-0.3, -0.25) is 14.4 Å². The van der Waals surface area contributed by atoms with E-state index in [1.807, 2.05) is 23.7 Å². The molecule has 0 atom stereocenters. The molecule has 0 spiro atoms. The van der Waals surface area contributed by atoms with E-state index in [0.717, 1.165) is 73.4 Å². The molecule has 4 aromatic rings. The number of fused-ring (bicyclic) bond motifs is 2. The Hall–Kier alpha value is -3.04. The van der Waals surface area contributed by atoms with Crippen molar-refractivity contribution in [2.24, 2.45) is 0 Å². The number of thiazole rings is 1. The van der Waals surface area contributed by atoms with Gasteiger partial charge in [0, 0.05) is 54.7 Å². The number of rotatable bonds is 7. The largest absolute Gasteiger partial charge is 0.348 e. The Bertz CT molecular complexity index is 1280. The summed E-state index contributed by atoms with van der Waals surface area (Å²) < 4.78 is 2.06. The molecular weight excluding hydrogens is 434 g/mol. The van der Waals surface area contributed by atoms with Crippen molar-refractivity contribution < 1.29 is 4.79 Å². The lowest BCUT2D eigenvalue weighted by Crippen LogP contribution is -2.33. The van der Waals surface area contributed by atoms with Crippen LogP contribution in [-0.4, -0.2) is 48.1 Å². The Labute approximate surface area is 196 Å². The van der Waals surface area contributed by atoms with Crippen LogP contribution in [0, 0.1) is 6.92 Å². The lowest BCUT2D eigenvalue weighted by molar-refractivity contribution is 0.0943. The Kier molecular flexibility index (Phi) is 5.22. The van der Waals surface area contributed by atoms with Crippen LogP contribution in [0.1, 0.15) is 51.0 Å². The third kappa shape index (κ3) is 4.18. The number of para-hydroxylation sites is 2. The van der Waals surface area contributed by atoms with E-state index in [-0.39, 0.29) is 5.91 Å². The molecule has 1 saturated carbocycles. The second-order valence-electron chi connectivity index (χ2n) is 9.02. The van der Waals surface area contributed by atoms with Gasteiger partial charge in [-0.25, -0.2) is 9.97 Å². The number of amides is 1. The van der Waals surface area contributed by atoms with E-state index in [1.165, 1.54) is 10.6 Å². The van der Waals surface area contributed by atoms with Crippen LogP contribution in [0.3, 0.4) is 0 Å². The first-order chi connectivity index (χ1) is 16.1. The van der Waals surface area contributed by atoms with Crippen LogP contribution in [0.2, 0.25) is 0 Å². The summed E-state index contributed by atoms with van der Waals surface area (Å²) in [6.45, 7) is 5.17. The Morgan fingerprint density at radius 2 is 2.18 bits per heavy atom. The molecule has 1 aliphatic carbocycles. The van der Waals surface area contributed by atoms with Crippen molar-refractivity contribution in [3.05, 3.63) is 63.1 Å². The number of benzene rings is 1. The number of hydrogen-bond acceptors (Lipinski definition) is 6. The highest BCUT2D eigenvalue weighted by Gasteiger charge is 2.31. The van der Waals surface area contributed by atoms with E-state index in [1.54, 1.807) is 11.3 Å². The molecule has 33 heavy (non-hydrogen) atoms. The average Bonchev–Trinajstić information content (AvgIpc) is 3.22. The van der Waals surface area contributed by atoms with Gasteiger partial charge in [0.05, 0.1) is 28.8 Å². The predicted octanol–water partition coefficient (Wildman–Crippen LogP) is 3.22. The summed E-state index contributed by atoms with van der Waals surface area (Å²) in [7, 11) is 0. The fourth-order valence-corrected chi connectivity index (χ4v) is 5.37. The highest BCUT2D eigenvalue weighted by Crippen LogP contribution is 2.26. The minimum Gasteiger partial charge on any atom is -0.348 e. The van der Waals surface area contributed by atoms with E-state index in [0.29, 0.717) is 18.3 Å². The third-order valence-electron chi connectivity index (χ3n) is 6.55. The molecule has 8 nitrogen and oxygen atoms in total. The predicted molar refractivity (Wildman–Crippen MR) is 127 cm³/mol. The summed E-state index contributed by atoms with van der Waals surface area (Å²) in [6, 6.07) is 8.42. The molecule has 6 rings (SSSR count). The van der Waals surface area contributed by atoms with Crippen LogP contribution in [0.4, 0.5) is 0 Å². The quantitative estimate of drug-likeness (QED) is 0.441. The van der Waals surface area contributed by atoms with Crippen molar-refractivity contribution in [1.82, 2.24) is 34.9 Å². The Morgan fingerprint density at radius 3 is 2.97 bits per heavy atom. The summed E-state index contributed by atoms with van der Waals surface area (Å²) in [5.41, 5.74) is 7.88. The van der Waals surface area contributed by atoms with Crippen molar-refractivity contribution in [3.8, 4) is 0 Å². The number of imidazole rings is 1. The molecule has 9 heteroatoms. The number of nitrogens with zero attached hydrogens (tertiary/aromatic N) is 5. The average molecular weight is 462 g/mol. The van der Waals surface area contributed by atoms with Gasteiger partial charge >= 0.3 is 0 Å². The van der Waals surface area contributed by atoms with Crippen molar-refractivity contribution in [2.75, 3.05) is 6.54 Å². The smallest absolute Gasteiger partial charge is 0.272 e. The number of H-pyrrole nitrogens is 1. The van der Waals surface area contributed by atoms with E-state index in [2.05, 4.69) is 37.9 Å². The van der Waals surface area contributed by atoms with Crippen LogP contribution >= 0.6 is 11.3 Å². The number of hydrogen-bond donors (Lipinski definition) is 2. The highest BCUT2D eigenvalue weighted by atomic mass is 32.1. The zero-order valence-electron chi connectivity index (χ0n) is 18.7. The Balaban J connectivity index is 1.24. The minimum absolute atomic E-state index is 0.0351. The fraction of sp³-hybridized carbons (Fsp3) is 0.417. The van der Waals surface area contributed by atoms with Crippen LogP contribution in [0.15, 0.2) is 29.8 Å². The molecule has 4 heterocycles. The van der Waals surface area contributed by atoms with Crippen molar-refractivity contribution in [2.45, 2.75) is 58.3 Å². The maximum Gasteiger partial charge on any atom is 0.272 e. The maximum absolute atomic E-state index is 13.0. The molecule has 2 aliphatic rings. The lowest BCUT2D eigenvalue weighted by atomic mass is 10.0. The monoisotopic (exact) mass is 461 g/mol. The molecule has 0 unspecified atom stereocenters. The van der Waals surface area contributed by atoms with Crippen LogP contribution in [0.5, 0.6) is 0 Å². The Morgan fingerprint density at radius 1 is 1.30 bits per heavy atom. The zero-order chi connectivity index (χ0) is 22.4. The molecule has 1 aliphatic heterocycles. The molecule has 1 amide bonds. The zero-order valence-corrected chi connectivity index (χ0v) is 19.5. The molecular formula is C24H27N7OS. The third-order valence-corrected chi connectivity index (χ3v) is 7.54.